The Morgan fingerprint density at radius 1 is 1.04 bits per heavy atom. The molecule has 2 rings (SSSR count). The maximum absolute atomic E-state index is 13.1. The van der Waals surface area contributed by atoms with E-state index in [-0.39, 0.29) is 12.1 Å². The van der Waals surface area contributed by atoms with E-state index in [1.54, 1.807) is 0 Å². The number of carbonyl (C=O) groups excluding carboxylic acids is 2. The van der Waals surface area contributed by atoms with E-state index in [0.29, 0.717) is 0 Å². The highest BCUT2D eigenvalue weighted by Crippen LogP contribution is 2.06. The molecule has 0 bridgehead atoms. The molecule has 0 saturated heterocycles. The molecule has 0 unspecified atom stereocenters. The summed E-state index contributed by atoms with van der Waals surface area (Å²) in [4.78, 5) is 23.7. The van der Waals surface area contributed by atoms with Crippen molar-refractivity contribution < 1.29 is 14.0 Å². The summed E-state index contributed by atoms with van der Waals surface area (Å²) in [6.07, 6.45) is 1.61. The number of nitrogens with one attached hydrogen (secondary N) is 2. The Labute approximate surface area is 145 Å². The van der Waals surface area contributed by atoms with E-state index in [1.165, 1.54) is 18.2 Å². The van der Waals surface area contributed by atoms with Crippen LogP contribution in [-0.2, 0) is 4.79 Å². The molecule has 0 aromatic heterocycles. The van der Waals surface area contributed by atoms with Crippen molar-refractivity contribution in [3.05, 3.63) is 71.5 Å². The van der Waals surface area contributed by atoms with Gasteiger partial charge in [-0.1, -0.05) is 49.7 Å². The monoisotopic (exact) mass is 341 g/mol. The Kier molecular flexibility index (Phi) is 6.83. The average Bonchev–Trinajstić information content (AvgIpc) is 2.63. The van der Waals surface area contributed by atoms with Gasteiger partial charge in [0.2, 0.25) is 0 Å². The van der Waals surface area contributed by atoms with Crippen LogP contribution < -0.4 is 10.7 Å². The third-order valence-electron chi connectivity index (χ3n) is 3.41. The molecule has 0 heterocycles. The maximum Gasteiger partial charge on any atom is 0.259 e. The van der Waals surface area contributed by atoms with Crippen molar-refractivity contribution in [2.24, 2.45) is 5.10 Å². The lowest BCUT2D eigenvalue weighted by atomic mass is 10.1. The van der Waals surface area contributed by atoms with Crippen LogP contribution in [0.1, 0.15) is 35.7 Å². The number of benzene rings is 2. The van der Waals surface area contributed by atoms with E-state index in [1.807, 2.05) is 37.3 Å². The van der Waals surface area contributed by atoms with Gasteiger partial charge in [0, 0.05) is 5.56 Å². The van der Waals surface area contributed by atoms with Crippen LogP contribution in [0.5, 0.6) is 0 Å². The van der Waals surface area contributed by atoms with Crippen molar-refractivity contribution in [3.63, 3.8) is 0 Å². The number of rotatable bonds is 7. The number of hydrogen-bond donors (Lipinski definition) is 2. The van der Waals surface area contributed by atoms with Gasteiger partial charge in [-0.15, -0.1) is 0 Å². The summed E-state index contributed by atoms with van der Waals surface area (Å²) >= 11 is 0. The van der Waals surface area contributed by atoms with Crippen molar-refractivity contribution in [2.45, 2.75) is 19.8 Å². The molecule has 0 aliphatic rings. The third-order valence-corrected chi connectivity index (χ3v) is 3.41. The maximum atomic E-state index is 13.1. The molecule has 0 atom stereocenters. The molecule has 2 aromatic carbocycles. The summed E-state index contributed by atoms with van der Waals surface area (Å²) in [6, 6.07) is 14.8. The molecular formula is C19H20FN3O2. The predicted molar refractivity (Wildman–Crippen MR) is 94.8 cm³/mol. The minimum Gasteiger partial charge on any atom is -0.343 e. The Morgan fingerprint density at radius 2 is 1.76 bits per heavy atom. The van der Waals surface area contributed by atoms with Crippen molar-refractivity contribution >= 4 is 17.5 Å². The molecule has 0 spiro atoms. The van der Waals surface area contributed by atoms with Crippen molar-refractivity contribution in [3.8, 4) is 0 Å². The summed E-state index contributed by atoms with van der Waals surface area (Å²) in [5, 5.41) is 6.59. The van der Waals surface area contributed by atoms with Gasteiger partial charge in [-0.25, -0.2) is 9.82 Å². The highest BCUT2D eigenvalue weighted by atomic mass is 19.1. The first-order valence-electron chi connectivity index (χ1n) is 8.04. The number of hydrazone groups is 1. The summed E-state index contributed by atoms with van der Waals surface area (Å²) in [5.41, 5.74) is 4.31. The van der Waals surface area contributed by atoms with E-state index in [2.05, 4.69) is 15.8 Å². The molecule has 2 N–H and O–H groups in total. The van der Waals surface area contributed by atoms with E-state index >= 15 is 0 Å². The zero-order chi connectivity index (χ0) is 18.1. The largest absolute Gasteiger partial charge is 0.343 e. The van der Waals surface area contributed by atoms with E-state index in [4.69, 9.17) is 0 Å². The fourth-order valence-corrected chi connectivity index (χ4v) is 2.19. The fourth-order valence-electron chi connectivity index (χ4n) is 2.19. The quantitative estimate of drug-likeness (QED) is 0.600. The molecule has 0 fully saturated rings. The topological polar surface area (TPSA) is 70.6 Å². The molecule has 0 saturated carbocycles. The van der Waals surface area contributed by atoms with Crippen LogP contribution in [0.15, 0.2) is 59.7 Å². The molecule has 0 aliphatic carbocycles. The number of halogens is 1. The Hall–Kier alpha value is -3.02. The average molecular weight is 341 g/mol. The zero-order valence-electron chi connectivity index (χ0n) is 14.0. The second-order valence-corrected chi connectivity index (χ2v) is 5.40. The van der Waals surface area contributed by atoms with E-state index in [0.717, 1.165) is 30.2 Å². The standard InChI is InChI=1S/C19H20FN3O2/c1-2-7-17(14-8-4-3-5-9-14)22-23-18(24)13-21-19(25)15-10-6-11-16(20)12-15/h3-6,8-12H,2,7,13H2,1H3,(H,21,25)(H,23,24)/b22-17+. The number of carbonyl (C=O) groups is 2. The van der Waals surface area contributed by atoms with Crippen LogP contribution in [0.2, 0.25) is 0 Å². The smallest absolute Gasteiger partial charge is 0.259 e. The van der Waals surface area contributed by atoms with Crippen LogP contribution in [0, 0.1) is 5.82 Å². The second-order valence-electron chi connectivity index (χ2n) is 5.40. The SMILES string of the molecule is CCC/C(=N\NC(=O)CNC(=O)c1cccc(F)c1)c1ccccc1. The molecule has 6 heteroatoms. The number of hydrogen-bond acceptors (Lipinski definition) is 3. The summed E-state index contributed by atoms with van der Waals surface area (Å²) in [6.45, 7) is 1.78. The van der Waals surface area contributed by atoms with Crippen molar-refractivity contribution in [1.29, 1.82) is 0 Å². The number of nitrogens with zero attached hydrogens (tertiary/aromatic N) is 1. The van der Waals surface area contributed by atoms with Gasteiger partial charge in [0.05, 0.1) is 12.3 Å². The van der Waals surface area contributed by atoms with Gasteiger partial charge in [0.25, 0.3) is 11.8 Å². The number of amides is 2. The van der Waals surface area contributed by atoms with Crippen LogP contribution >= 0.6 is 0 Å². The highest BCUT2D eigenvalue weighted by molar-refractivity contribution is 6.01. The first kappa shape index (κ1) is 18.3. The zero-order valence-corrected chi connectivity index (χ0v) is 14.0. The van der Waals surface area contributed by atoms with Crippen molar-refractivity contribution in [2.75, 3.05) is 6.54 Å². The predicted octanol–water partition coefficient (Wildman–Crippen LogP) is 2.88. The van der Waals surface area contributed by atoms with Gasteiger partial charge in [-0.3, -0.25) is 9.59 Å². The Morgan fingerprint density at radius 3 is 2.44 bits per heavy atom. The minimum atomic E-state index is -0.518. The van der Waals surface area contributed by atoms with Gasteiger partial charge in [-0.2, -0.15) is 5.10 Å². The normalized spacial score (nSPS) is 11.0. The highest BCUT2D eigenvalue weighted by Gasteiger charge is 2.09. The van der Waals surface area contributed by atoms with E-state index < -0.39 is 17.6 Å². The Bertz CT molecular complexity index is 760. The first-order valence-corrected chi connectivity index (χ1v) is 8.04. The molecule has 2 amide bonds. The van der Waals surface area contributed by atoms with Gasteiger partial charge >= 0.3 is 0 Å². The van der Waals surface area contributed by atoms with Gasteiger partial charge in [0.15, 0.2) is 0 Å². The fraction of sp³-hybridized carbons (Fsp3) is 0.211. The van der Waals surface area contributed by atoms with Gasteiger partial charge < -0.3 is 5.32 Å². The Balaban J connectivity index is 1.91. The van der Waals surface area contributed by atoms with Crippen LogP contribution in [0.4, 0.5) is 4.39 Å². The van der Waals surface area contributed by atoms with Crippen LogP contribution in [-0.4, -0.2) is 24.1 Å². The molecule has 5 nitrogen and oxygen atoms in total. The summed E-state index contributed by atoms with van der Waals surface area (Å²) in [7, 11) is 0. The lowest BCUT2D eigenvalue weighted by Crippen LogP contribution is -2.35. The first-order chi connectivity index (χ1) is 12.1. The van der Waals surface area contributed by atoms with Crippen LogP contribution in [0.25, 0.3) is 0 Å². The molecule has 25 heavy (non-hydrogen) atoms. The van der Waals surface area contributed by atoms with Crippen LogP contribution in [0.3, 0.4) is 0 Å². The third kappa shape index (κ3) is 5.84. The van der Waals surface area contributed by atoms with Gasteiger partial charge in [-0.05, 0) is 30.2 Å². The van der Waals surface area contributed by atoms with Crippen molar-refractivity contribution in [1.82, 2.24) is 10.7 Å². The molecule has 0 aliphatic heterocycles. The second kappa shape index (κ2) is 9.32. The molecular weight excluding hydrogens is 321 g/mol. The van der Waals surface area contributed by atoms with Gasteiger partial charge in [0.1, 0.15) is 5.82 Å². The summed E-state index contributed by atoms with van der Waals surface area (Å²) in [5.74, 6) is -1.47. The molecule has 130 valence electrons. The molecule has 0 radical (unpaired) electrons. The van der Waals surface area contributed by atoms with E-state index in [9.17, 15) is 14.0 Å². The lowest BCUT2D eigenvalue weighted by Gasteiger charge is -2.07. The summed E-state index contributed by atoms with van der Waals surface area (Å²) < 4.78 is 13.1. The minimum absolute atomic E-state index is 0.159. The molecule has 2 aromatic rings. The lowest BCUT2D eigenvalue weighted by molar-refractivity contribution is -0.120.